The summed E-state index contributed by atoms with van der Waals surface area (Å²) in [6.45, 7) is 0.602. The zero-order chi connectivity index (χ0) is 10.1. The van der Waals surface area contributed by atoms with Gasteiger partial charge in [0.15, 0.2) is 0 Å². The van der Waals surface area contributed by atoms with Crippen molar-refractivity contribution in [2.75, 3.05) is 11.4 Å². The minimum absolute atomic E-state index is 0.0907. The van der Waals surface area contributed by atoms with Crippen LogP contribution >= 0.6 is 0 Å². The molecule has 1 atom stereocenters. The molecule has 0 saturated carbocycles. The third-order valence-electron chi connectivity index (χ3n) is 2.45. The Kier molecular flexibility index (Phi) is 2.25. The van der Waals surface area contributed by atoms with Crippen LogP contribution in [0.3, 0.4) is 0 Å². The lowest BCUT2D eigenvalue weighted by Gasteiger charge is -2.29. The first kappa shape index (κ1) is 9.21. The van der Waals surface area contributed by atoms with Gasteiger partial charge < -0.3 is 10.6 Å². The van der Waals surface area contributed by atoms with E-state index in [2.05, 4.69) is 5.10 Å². The maximum absolute atomic E-state index is 11.6. The zero-order valence-corrected chi connectivity index (χ0v) is 8.18. The fourth-order valence-electron chi connectivity index (χ4n) is 1.67. The van der Waals surface area contributed by atoms with Gasteiger partial charge in [-0.05, 0) is 6.42 Å². The fourth-order valence-corrected chi connectivity index (χ4v) is 1.67. The Morgan fingerprint density at radius 2 is 2.43 bits per heavy atom. The summed E-state index contributed by atoms with van der Waals surface area (Å²) in [5.41, 5.74) is 6.65. The first-order valence-electron chi connectivity index (χ1n) is 4.71. The molecular formula is C9H14N4O. The molecule has 1 aromatic rings. The van der Waals surface area contributed by atoms with Gasteiger partial charge >= 0.3 is 0 Å². The number of carbonyl (C=O) groups excluding carboxylic acids is 1. The van der Waals surface area contributed by atoms with E-state index >= 15 is 0 Å². The number of nitrogens with zero attached hydrogens (tertiary/aromatic N) is 3. The van der Waals surface area contributed by atoms with Crippen molar-refractivity contribution in [1.82, 2.24) is 9.78 Å². The van der Waals surface area contributed by atoms with Crippen LogP contribution in [0.2, 0.25) is 0 Å². The van der Waals surface area contributed by atoms with Gasteiger partial charge in [-0.1, -0.05) is 0 Å². The number of hydrogen-bond donors (Lipinski definition) is 1. The van der Waals surface area contributed by atoms with Gasteiger partial charge in [0, 0.05) is 32.3 Å². The van der Waals surface area contributed by atoms with Gasteiger partial charge in [-0.2, -0.15) is 5.10 Å². The summed E-state index contributed by atoms with van der Waals surface area (Å²) in [6, 6.07) is 0.0907. The quantitative estimate of drug-likeness (QED) is 0.677. The van der Waals surface area contributed by atoms with Crippen molar-refractivity contribution < 1.29 is 4.79 Å². The Morgan fingerprint density at radius 3 is 3.07 bits per heavy atom. The van der Waals surface area contributed by atoms with E-state index in [1.807, 2.05) is 13.2 Å². The van der Waals surface area contributed by atoms with Gasteiger partial charge in [-0.15, -0.1) is 0 Å². The minimum Gasteiger partial charge on any atom is -0.326 e. The normalized spacial score (nSPS) is 22.9. The number of aromatic nitrogens is 2. The molecule has 0 aromatic carbocycles. The molecular weight excluding hydrogens is 180 g/mol. The van der Waals surface area contributed by atoms with Gasteiger partial charge in [0.2, 0.25) is 5.91 Å². The number of piperidine rings is 1. The van der Waals surface area contributed by atoms with Crippen LogP contribution in [-0.4, -0.2) is 28.3 Å². The molecule has 76 valence electrons. The van der Waals surface area contributed by atoms with E-state index in [4.69, 9.17) is 5.73 Å². The van der Waals surface area contributed by atoms with Gasteiger partial charge in [0.05, 0.1) is 11.9 Å². The number of hydrogen-bond acceptors (Lipinski definition) is 3. The average Bonchev–Trinajstić information content (AvgIpc) is 2.56. The number of amides is 1. The van der Waals surface area contributed by atoms with Crippen LogP contribution in [0.4, 0.5) is 5.69 Å². The number of aryl methyl sites for hydroxylation is 1. The van der Waals surface area contributed by atoms with Crippen molar-refractivity contribution in [3.63, 3.8) is 0 Å². The Bertz CT molecular complexity index is 346. The van der Waals surface area contributed by atoms with Crippen LogP contribution in [0.5, 0.6) is 0 Å². The standard InChI is InChI=1S/C9H14N4O/c1-12-6-8(4-11-12)13-5-7(10)2-3-9(13)14/h4,6-7H,2-3,5,10H2,1H3. The lowest BCUT2D eigenvalue weighted by atomic mass is 10.1. The highest BCUT2D eigenvalue weighted by Crippen LogP contribution is 2.18. The maximum atomic E-state index is 11.6. The highest BCUT2D eigenvalue weighted by molar-refractivity contribution is 5.93. The number of rotatable bonds is 1. The van der Waals surface area contributed by atoms with Crippen molar-refractivity contribution in [2.24, 2.45) is 12.8 Å². The Labute approximate surface area is 82.5 Å². The molecule has 2 heterocycles. The van der Waals surface area contributed by atoms with Gasteiger partial charge in [-0.3, -0.25) is 9.48 Å². The molecule has 1 aliphatic rings. The topological polar surface area (TPSA) is 64.2 Å². The summed E-state index contributed by atoms with van der Waals surface area (Å²) in [7, 11) is 1.83. The maximum Gasteiger partial charge on any atom is 0.227 e. The highest BCUT2D eigenvalue weighted by Gasteiger charge is 2.25. The SMILES string of the molecule is Cn1cc(N2CC(N)CCC2=O)cn1. The van der Waals surface area contributed by atoms with Gasteiger partial charge in [-0.25, -0.2) is 0 Å². The molecule has 0 bridgehead atoms. The highest BCUT2D eigenvalue weighted by atomic mass is 16.2. The molecule has 1 aliphatic heterocycles. The van der Waals surface area contributed by atoms with Crippen LogP contribution in [0, 0.1) is 0 Å². The Morgan fingerprint density at radius 1 is 1.64 bits per heavy atom. The third kappa shape index (κ3) is 1.63. The van der Waals surface area contributed by atoms with Crippen molar-refractivity contribution in [3.8, 4) is 0 Å². The fraction of sp³-hybridized carbons (Fsp3) is 0.556. The number of nitrogens with two attached hydrogens (primary N) is 1. The third-order valence-corrected chi connectivity index (χ3v) is 2.45. The molecule has 0 spiro atoms. The Balaban J connectivity index is 2.19. The van der Waals surface area contributed by atoms with E-state index in [1.54, 1.807) is 15.8 Å². The molecule has 0 radical (unpaired) electrons. The summed E-state index contributed by atoms with van der Waals surface area (Å²) in [5.74, 6) is 0.139. The molecule has 2 N–H and O–H groups in total. The number of carbonyl (C=O) groups is 1. The molecule has 1 fully saturated rings. The van der Waals surface area contributed by atoms with E-state index < -0.39 is 0 Å². The van der Waals surface area contributed by atoms with E-state index in [9.17, 15) is 4.79 Å². The molecule has 0 aliphatic carbocycles. The zero-order valence-electron chi connectivity index (χ0n) is 8.18. The second kappa shape index (κ2) is 3.42. The molecule has 14 heavy (non-hydrogen) atoms. The van der Waals surface area contributed by atoms with Crippen LogP contribution in [0.15, 0.2) is 12.4 Å². The number of anilines is 1. The average molecular weight is 194 g/mol. The molecule has 1 aromatic heterocycles. The Hall–Kier alpha value is -1.36. The summed E-state index contributed by atoms with van der Waals surface area (Å²) in [5, 5.41) is 4.03. The molecule has 1 amide bonds. The predicted octanol–water partition coefficient (Wildman–Crippen LogP) is -0.126. The van der Waals surface area contributed by atoms with E-state index in [1.165, 1.54) is 0 Å². The summed E-state index contributed by atoms with van der Waals surface area (Å²) in [4.78, 5) is 13.3. The largest absolute Gasteiger partial charge is 0.326 e. The molecule has 1 saturated heterocycles. The second-order valence-corrected chi connectivity index (χ2v) is 3.68. The van der Waals surface area contributed by atoms with Crippen LogP contribution in [-0.2, 0) is 11.8 Å². The van der Waals surface area contributed by atoms with E-state index in [0.29, 0.717) is 13.0 Å². The van der Waals surface area contributed by atoms with Crippen molar-refractivity contribution in [2.45, 2.75) is 18.9 Å². The van der Waals surface area contributed by atoms with E-state index in [-0.39, 0.29) is 11.9 Å². The lowest BCUT2D eigenvalue weighted by Crippen LogP contribution is -2.46. The monoisotopic (exact) mass is 194 g/mol. The predicted molar refractivity (Wildman–Crippen MR) is 52.8 cm³/mol. The minimum atomic E-state index is 0.0907. The summed E-state index contributed by atoms with van der Waals surface area (Å²) in [6.07, 6.45) is 4.84. The first-order chi connectivity index (χ1) is 6.66. The van der Waals surface area contributed by atoms with Crippen molar-refractivity contribution in [3.05, 3.63) is 12.4 Å². The molecule has 5 heteroatoms. The van der Waals surface area contributed by atoms with Crippen LogP contribution < -0.4 is 10.6 Å². The van der Waals surface area contributed by atoms with Gasteiger partial charge in [0.1, 0.15) is 0 Å². The van der Waals surface area contributed by atoms with Crippen molar-refractivity contribution in [1.29, 1.82) is 0 Å². The van der Waals surface area contributed by atoms with Gasteiger partial charge in [0.25, 0.3) is 0 Å². The first-order valence-corrected chi connectivity index (χ1v) is 4.71. The van der Waals surface area contributed by atoms with Crippen LogP contribution in [0.25, 0.3) is 0 Å². The lowest BCUT2D eigenvalue weighted by molar-refractivity contribution is -0.119. The molecule has 1 unspecified atom stereocenters. The van der Waals surface area contributed by atoms with E-state index in [0.717, 1.165) is 12.1 Å². The summed E-state index contributed by atoms with van der Waals surface area (Å²) < 4.78 is 1.68. The second-order valence-electron chi connectivity index (χ2n) is 3.68. The molecule has 2 rings (SSSR count). The smallest absolute Gasteiger partial charge is 0.227 e. The summed E-state index contributed by atoms with van der Waals surface area (Å²) >= 11 is 0. The van der Waals surface area contributed by atoms with Crippen molar-refractivity contribution >= 4 is 11.6 Å². The van der Waals surface area contributed by atoms with Crippen LogP contribution in [0.1, 0.15) is 12.8 Å². The molecule has 5 nitrogen and oxygen atoms in total.